The first-order valence-electron chi connectivity index (χ1n) is 5.34. The zero-order chi connectivity index (χ0) is 10.8. The minimum absolute atomic E-state index is 0.216. The van der Waals surface area contributed by atoms with E-state index in [1.165, 1.54) is 12.8 Å². The normalized spacial score (nSPS) is 17.8. The third kappa shape index (κ3) is 3.37. The molecular formula is C12H15Cl2N. The summed E-state index contributed by atoms with van der Waals surface area (Å²) in [7, 11) is 0. The van der Waals surface area contributed by atoms with Crippen molar-refractivity contribution in [3.8, 4) is 0 Å². The highest BCUT2D eigenvalue weighted by Gasteiger charge is 2.24. The second-order valence-corrected chi connectivity index (χ2v) is 5.22. The van der Waals surface area contributed by atoms with Gasteiger partial charge in [-0.15, -0.1) is 0 Å². The van der Waals surface area contributed by atoms with Crippen LogP contribution in [0.5, 0.6) is 0 Å². The first kappa shape index (κ1) is 11.3. The number of halogens is 2. The summed E-state index contributed by atoms with van der Waals surface area (Å²) >= 11 is 12.0. The number of benzene rings is 1. The number of nitrogens with two attached hydrogens (primary N) is 1. The van der Waals surface area contributed by atoms with Crippen LogP contribution in [0.3, 0.4) is 0 Å². The van der Waals surface area contributed by atoms with Gasteiger partial charge >= 0.3 is 0 Å². The Labute approximate surface area is 101 Å². The molecule has 15 heavy (non-hydrogen) atoms. The highest BCUT2D eigenvalue weighted by Crippen LogP contribution is 2.34. The Balaban J connectivity index is 1.98. The molecule has 0 aromatic heterocycles. The van der Waals surface area contributed by atoms with Gasteiger partial charge in [-0.25, -0.2) is 0 Å². The summed E-state index contributed by atoms with van der Waals surface area (Å²) in [6.45, 7) is 0. The van der Waals surface area contributed by atoms with E-state index in [1.54, 1.807) is 6.07 Å². The fourth-order valence-electron chi connectivity index (χ4n) is 1.85. The summed E-state index contributed by atoms with van der Waals surface area (Å²) in [5.41, 5.74) is 7.13. The number of hydrogen-bond acceptors (Lipinski definition) is 1. The molecular weight excluding hydrogens is 229 g/mol. The van der Waals surface area contributed by atoms with E-state index in [2.05, 4.69) is 0 Å². The Morgan fingerprint density at radius 3 is 2.73 bits per heavy atom. The van der Waals surface area contributed by atoms with Crippen LogP contribution in [0, 0.1) is 5.92 Å². The molecule has 1 aliphatic carbocycles. The standard InChI is InChI=1S/C12H15Cl2N/c13-10-3-4-12(14)9(6-10)7-11(15)5-8-1-2-8/h3-4,6,8,11H,1-2,5,7,15H2. The molecule has 0 heterocycles. The molecule has 1 unspecified atom stereocenters. The van der Waals surface area contributed by atoms with Gasteiger partial charge in [0.05, 0.1) is 0 Å². The van der Waals surface area contributed by atoms with Gasteiger partial charge in [-0.3, -0.25) is 0 Å². The van der Waals surface area contributed by atoms with E-state index in [0.29, 0.717) is 0 Å². The largest absolute Gasteiger partial charge is 0.327 e. The van der Waals surface area contributed by atoms with E-state index in [1.807, 2.05) is 12.1 Å². The Hall–Kier alpha value is -0.240. The molecule has 0 aliphatic heterocycles. The molecule has 1 nitrogen and oxygen atoms in total. The lowest BCUT2D eigenvalue weighted by molar-refractivity contribution is 0.567. The van der Waals surface area contributed by atoms with Crippen molar-refractivity contribution < 1.29 is 0 Å². The highest BCUT2D eigenvalue weighted by atomic mass is 35.5. The molecule has 0 radical (unpaired) electrons. The number of hydrogen-bond donors (Lipinski definition) is 1. The number of rotatable bonds is 4. The summed E-state index contributed by atoms with van der Waals surface area (Å²) in [5, 5.41) is 1.50. The van der Waals surface area contributed by atoms with Gasteiger partial charge in [0.15, 0.2) is 0 Å². The van der Waals surface area contributed by atoms with E-state index in [0.717, 1.165) is 34.4 Å². The van der Waals surface area contributed by atoms with Crippen molar-refractivity contribution in [3.05, 3.63) is 33.8 Å². The Morgan fingerprint density at radius 2 is 2.07 bits per heavy atom. The second kappa shape index (κ2) is 4.73. The van der Waals surface area contributed by atoms with Gasteiger partial charge in [0, 0.05) is 16.1 Å². The van der Waals surface area contributed by atoms with Gasteiger partial charge < -0.3 is 5.73 Å². The molecule has 1 atom stereocenters. The van der Waals surface area contributed by atoms with Crippen LogP contribution in [0.15, 0.2) is 18.2 Å². The van der Waals surface area contributed by atoms with Crippen molar-refractivity contribution in [1.82, 2.24) is 0 Å². The molecule has 0 saturated heterocycles. The summed E-state index contributed by atoms with van der Waals surface area (Å²) in [5.74, 6) is 0.859. The maximum Gasteiger partial charge on any atom is 0.0439 e. The van der Waals surface area contributed by atoms with Crippen molar-refractivity contribution in [2.75, 3.05) is 0 Å². The Bertz CT molecular complexity index is 347. The van der Waals surface area contributed by atoms with Gasteiger partial charge in [-0.05, 0) is 42.5 Å². The highest BCUT2D eigenvalue weighted by molar-refractivity contribution is 6.33. The van der Waals surface area contributed by atoms with E-state index < -0.39 is 0 Å². The maximum absolute atomic E-state index is 6.08. The van der Waals surface area contributed by atoms with Crippen molar-refractivity contribution in [3.63, 3.8) is 0 Å². The smallest absolute Gasteiger partial charge is 0.0439 e. The summed E-state index contributed by atoms with van der Waals surface area (Å²) in [6.07, 6.45) is 4.63. The molecule has 0 bridgehead atoms. The SMILES string of the molecule is NC(Cc1cc(Cl)ccc1Cl)CC1CC1. The average Bonchev–Trinajstić information content (AvgIpc) is 2.95. The van der Waals surface area contributed by atoms with Crippen LogP contribution in [0.4, 0.5) is 0 Å². The van der Waals surface area contributed by atoms with Crippen molar-refractivity contribution in [2.24, 2.45) is 11.7 Å². The van der Waals surface area contributed by atoms with Crippen molar-refractivity contribution in [1.29, 1.82) is 0 Å². The lowest BCUT2D eigenvalue weighted by atomic mass is 10.0. The lowest BCUT2D eigenvalue weighted by Gasteiger charge is -2.12. The molecule has 1 fully saturated rings. The van der Waals surface area contributed by atoms with Crippen LogP contribution < -0.4 is 5.73 Å². The maximum atomic E-state index is 6.08. The van der Waals surface area contributed by atoms with E-state index in [4.69, 9.17) is 28.9 Å². The van der Waals surface area contributed by atoms with Gasteiger partial charge in [0.2, 0.25) is 0 Å². The predicted octanol–water partition coefficient (Wildman–Crippen LogP) is 3.66. The topological polar surface area (TPSA) is 26.0 Å². The Kier molecular flexibility index (Phi) is 3.55. The lowest BCUT2D eigenvalue weighted by Crippen LogP contribution is -2.23. The molecule has 1 aromatic rings. The minimum Gasteiger partial charge on any atom is -0.327 e. The molecule has 2 N–H and O–H groups in total. The molecule has 2 rings (SSSR count). The minimum atomic E-state index is 0.216. The van der Waals surface area contributed by atoms with E-state index in [-0.39, 0.29) is 6.04 Å². The van der Waals surface area contributed by atoms with Crippen molar-refractivity contribution in [2.45, 2.75) is 31.7 Å². The van der Waals surface area contributed by atoms with Gasteiger partial charge in [-0.2, -0.15) is 0 Å². The van der Waals surface area contributed by atoms with Crippen LogP contribution in [-0.4, -0.2) is 6.04 Å². The van der Waals surface area contributed by atoms with Crippen LogP contribution >= 0.6 is 23.2 Å². The molecule has 3 heteroatoms. The van der Waals surface area contributed by atoms with E-state index in [9.17, 15) is 0 Å². The summed E-state index contributed by atoms with van der Waals surface area (Å²) in [4.78, 5) is 0. The van der Waals surface area contributed by atoms with Gasteiger partial charge in [0.25, 0.3) is 0 Å². The van der Waals surface area contributed by atoms with Crippen LogP contribution in [-0.2, 0) is 6.42 Å². The first-order valence-corrected chi connectivity index (χ1v) is 6.10. The summed E-state index contributed by atoms with van der Waals surface area (Å²) in [6, 6.07) is 5.77. The fourth-order valence-corrected chi connectivity index (χ4v) is 2.24. The average molecular weight is 244 g/mol. The van der Waals surface area contributed by atoms with Crippen molar-refractivity contribution >= 4 is 23.2 Å². The molecule has 1 aromatic carbocycles. The van der Waals surface area contributed by atoms with Gasteiger partial charge in [0.1, 0.15) is 0 Å². The Morgan fingerprint density at radius 1 is 1.33 bits per heavy atom. The fraction of sp³-hybridized carbons (Fsp3) is 0.500. The molecule has 0 spiro atoms. The third-order valence-corrected chi connectivity index (χ3v) is 3.43. The zero-order valence-electron chi connectivity index (χ0n) is 8.55. The first-order chi connectivity index (χ1) is 7.15. The quantitative estimate of drug-likeness (QED) is 0.859. The van der Waals surface area contributed by atoms with Crippen LogP contribution in [0.1, 0.15) is 24.8 Å². The monoisotopic (exact) mass is 243 g/mol. The summed E-state index contributed by atoms with van der Waals surface area (Å²) < 4.78 is 0. The zero-order valence-corrected chi connectivity index (χ0v) is 10.1. The molecule has 82 valence electrons. The van der Waals surface area contributed by atoms with Crippen LogP contribution in [0.25, 0.3) is 0 Å². The second-order valence-electron chi connectivity index (χ2n) is 4.38. The van der Waals surface area contributed by atoms with Crippen LogP contribution in [0.2, 0.25) is 10.0 Å². The third-order valence-electron chi connectivity index (χ3n) is 2.82. The molecule has 1 aliphatic rings. The van der Waals surface area contributed by atoms with E-state index >= 15 is 0 Å². The van der Waals surface area contributed by atoms with Gasteiger partial charge in [-0.1, -0.05) is 36.0 Å². The molecule has 1 saturated carbocycles. The molecule has 0 amide bonds. The predicted molar refractivity (Wildman–Crippen MR) is 65.5 cm³/mol.